The van der Waals surface area contributed by atoms with Crippen LogP contribution >= 0.6 is 0 Å². The summed E-state index contributed by atoms with van der Waals surface area (Å²) >= 11 is 0. The van der Waals surface area contributed by atoms with E-state index in [0.717, 1.165) is 48.8 Å². The number of aliphatic imine (C=N–C) groups is 1. The number of nitrogens with one attached hydrogen (secondary N) is 1. The summed E-state index contributed by atoms with van der Waals surface area (Å²) in [6.45, 7) is 4.21. The van der Waals surface area contributed by atoms with Gasteiger partial charge in [0, 0.05) is 29.6 Å². The molecule has 0 saturated heterocycles. The summed E-state index contributed by atoms with van der Waals surface area (Å²) in [4.78, 5) is 17.5. The largest absolute Gasteiger partial charge is 0.369 e. The smallest absolute Gasteiger partial charge is 0.223 e. The Morgan fingerprint density at radius 1 is 1.21 bits per heavy atom. The van der Waals surface area contributed by atoms with Gasteiger partial charge < -0.3 is 5.73 Å². The summed E-state index contributed by atoms with van der Waals surface area (Å²) in [5.74, 6) is 1.88. The van der Waals surface area contributed by atoms with Crippen molar-refractivity contribution in [3.63, 3.8) is 0 Å². The summed E-state index contributed by atoms with van der Waals surface area (Å²) in [5.41, 5.74) is 8.33. The molecule has 2 aromatic rings. The van der Waals surface area contributed by atoms with E-state index in [9.17, 15) is 10.1 Å². The Hall–Kier alpha value is -3.14. The molecule has 4 fully saturated rings. The zero-order valence-corrected chi connectivity index (χ0v) is 19.6. The van der Waals surface area contributed by atoms with E-state index in [1.807, 2.05) is 19.4 Å². The average Bonchev–Trinajstić information content (AvgIpc) is 3.21. The van der Waals surface area contributed by atoms with Crippen LogP contribution in [0.5, 0.6) is 0 Å². The molecule has 2 unspecified atom stereocenters. The number of nitrogens with zero attached hydrogens (tertiary/aromatic N) is 4. The van der Waals surface area contributed by atoms with Gasteiger partial charge in [-0.05, 0) is 74.8 Å². The quantitative estimate of drug-likeness (QED) is 0.318. The molecule has 1 aromatic heterocycles. The Balaban J connectivity index is 1.44. The van der Waals surface area contributed by atoms with Crippen molar-refractivity contribution in [3.8, 4) is 17.3 Å². The molecular weight excluding hydrogens is 412 g/mol. The van der Waals surface area contributed by atoms with Gasteiger partial charge in [0.2, 0.25) is 5.91 Å². The maximum absolute atomic E-state index is 12.3. The van der Waals surface area contributed by atoms with Gasteiger partial charge in [-0.2, -0.15) is 10.4 Å². The molecule has 0 radical (unpaired) electrons. The van der Waals surface area contributed by atoms with Crippen LogP contribution in [-0.2, 0) is 17.3 Å². The van der Waals surface area contributed by atoms with Crippen LogP contribution in [0.15, 0.2) is 41.7 Å². The van der Waals surface area contributed by atoms with Crippen LogP contribution in [0.25, 0.3) is 11.1 Å². The van der Waals surface area contributed by atoms with Gasteiger partial charge in [-0.25, -0.2) is 0 Å². The molecule has 33 heavy (non-hydrogen) atoms. The SMILES string of the molecule is Cn1cc(-c2ccc(C(C)(C)C(=NC3C4CC5CC3CC(C(N)=O)(C5)C4)NC#N)cc2)cn1. The summed E-state index contributed by atoms with van der Waals surface area (Å²) in [7, 11) is 1.91. The Morgan fingerprint density at radius 2 is 1.88 bits per heavy atom. The third kappa shape index (κ3) is 3.62. The molecule has 4 aliphatic rings. The molecule has 0 aliphatic heterocycles. The average molecular weight is 445 g/mol. The minimum atomic E-state index is -0.459. The lowest BCUT2D eigenvalue weighted by Crippen LogP contribution is -2.57. The van der Waals surface area contributed by atoms with Crippen LogP contribution in [0.3, 0.4) is 0 Å². The van der Waals surface area contributed by atoms with Crippen molar-refractivity contribution in [1.29, 1.82) is 5.26 Å². The van der Waals surface area contributed by atoms with Gasteiger partial charge >= 0.3 is 0 Å². The number of carbonyl (C=O) groups is 1. The number of hydrogen-bond acceptors (Lipinski definition) is 4. The predicted octanol–water partition coefficient (Wildman–Crippen LogP) is 3.51. The highest BCUT2D eigenvalue weighted by atomic mass is 16.1. The molecule has 172 valence electrons. The number of nitriles is 1. The van der Waals surface area contributed by atoms with Crippen LogP contribution in [0.4, 0.5) is 0 Å². The van der Waals surface area contributed by atoms with Gasteiger partial charge in [-0.15, -0.1) is 0 Å². The third-order valence-electron chi connectivity index (χ3n) is 8.44. The molecule has 4 aliphatic carbocycles. The first-order valence-electron chi connectivity index (χ1n) is 11.8. The highest BCUT2D eigenvalue weighted by Crippen LogP contribution is 2.60. The number of rotatable bonds is 5. The zero-order chi connectivity index (χ0) is 23.4. The highest BCUT2D eigenvalue weighted by Gasteiger charge is 2.58. The van der Waals surface area contributed by atoms with Gasteiger partial charge in [0.05, 0.1) is 12.2 Å². The number of benzene rings is 1. The molecular formula is C26H32N6O. The predicted molar refractivity (Wildman–Crippen MR) is 127 cm³/mol. The molecule has 2 atom stereocenters. The topological polar surface area (TPSA) is 109 Å². The molecule has 1 aromatic carbocycles. The first kappa shape index (κ1) is 21.7. The second-order valence-electron chi connectivity index (χ2n) is 10.9. The van der Waals surface area contributed by atoms with Crippen molar-refractivity contribution in [2.75, 3.05) is 0 Å². The Kier molecular flexibility index (Phi) is 5.08. The van der Waals surface area contributed by atoms with E-state index in [2.05, 4.69) is 54.7 Å². The van der Waals surface area contributed by atoms with Crippen molar-refractivity contribution in [2.45, 2.75) is 57.4 Å². The Labute approximate surface area is 195 Å². The van der Waals surface area contributed by atoms with Crippen LogP contribution in [0.1, 0.15) is 51.5 Å². The van der Waals surface area contributed by atoms with E-state index in [1.54, 1.807) is 4.68 Å². The fraction of sp³-hybridized carbons (Fsp3) is 0.538. The minimum absolute atomic E-state index is 0.131. The fourth-order valence-electron chi connectivity index (χ4n) is 6.85. The molecule has 0 spiro atoms. The summed E-state index contributed by atoms with van der Waals surface area (Å²) in [6, 6.07) is 8.54. The number of primary amides is 1. The fourth-order valence-corrected chi connectivity index (χ4v) is 6.85. The molecule has 6 rings (SSSR count). The lowest BCUT2D eigenvalue weighted by Gasteiger charge is -2.58. The van der Waals surface area contributed by atoms with E-state index in [0.29, 0.717) is 23.6 Å². The summed E-state index contributed by atoms with van der Waals surface area (Å²) in [6.07, 6.45) is 10.8. The van der Waals surface area contributed by atoms with E-state index in [1.165, 1.54) is 0 Å². The molecule has 1 amide bonds. The van der Waals surface area contributed by atoms with E-state index in [-0.39, 0.29) is 17.4 Å². The number of amides is 1. The van der Waals surface area contributed by atoms with Crippen LogP contribution < -0.4 is 11.1 Å². The van der Waals surface area contributed by atoms with E-state index < -0.39 is 5.41 Å². The lowest BCUT2D eigenvalue weighted by atomic mass is 9.47. The third-order valence-corrected chi connectivity index (χ3v) is 8.44. The van der Waals surface area contributed by atoms with E-state index in [4.69, 9.17) is 10.7 Å². The van der Waals surface area contributed by atoms with Gasteiger partial charge in [0.15, 0.2) is 6.19 Å². The first-order chi connectivity index (χ1) is 15.7. The van der Waals surface area contributed by atoms with E-state index >= 15 is 0 Å². The first-order valence-corrected chi connectivity index (χ1v) is 11.8. The van der Waals surface area contributed by atoms with Gasteiger partial charge in [-0.1, -0.05) is 24.3 Å². The standard InChI is InChI=1S/C26H32N6O/c1-25(2,21-6-4-17(5-7-21)20-13-30-32(3)14-20)24(29-15-27)31-22-18-8-16-9-19(22)12-26(10-16,11-18)23(28)33/h4-7,13-14,16,18-19,22H,8-12H2,1-3H3,(H2,28,33)(H,29,31). The van der Waals surface area contributed by atoms with Crippen molar-refractivity contribution < 1.29 is 4.79 Å². The number of nitrogens with two attached hydrogens (primary N) is 1. The Bertz CT molecular complexity index is 1120. The van der Waals surface area contributed by atoms with Gasteiger partial charge in [-0.3, -0.25) is 19.8 Å². The Morgan fingerprint density at radius 3 is 2.42 bits per heavy atom. The van der Waals surface area contributed by atoms with Crippen LogP contribution in [0.2, 0.25) is 0 Å². The maximum atomic E-state index is 12.3. The van der Waals surface area contributed by atoms with Gasteiger partial charge in [0.1, 0.15) is 5.84 Å². The minimum Gasteiger partial charge on any atom is -0.369 e. The van der Waals surface area contributed by atoms with Crippen LogP contribution in [-0.4, -0.2) is 27.6 Å². The number of aryl methyl sites for hydroxylation is 1. The molecule has 4 saturated carbocycles. The van der Waals surface area contributed by atoms with Crippen molar-refractivity contribution in [1.82, 2.24) is 15.1 Å². The number of hydrogen-bond donors (Lipinski definition) is 2. The van der Waals surface area contributed by atoms with Crippen LogP contribution in [0, 0.1) is 34.6 Å². The zero-order valence-electron chi connectivity index (χ0n) is 19.6. The number of amidine groups is 1. The lowest BCUT2D eigenvalue weighted by molar-refractivity contribution is -0.144. The second kappa shape index (κ2) is 7.72. The number of carbonyl (C=O) groups excluding carboxylic acids is 1. The van der Waals surface area contributed by atoms with Crippen molar-refractivity contribution in [2.24, 2.45) is 40.9 Å². The maximum Gasteiger partial charge on any atom is 0.223 e. The molecule has 7 nitrogen and oxygen atoms in total. The van der Waals surface area contributed by atoms with Gasteiger partial charge in [0.25, 0.3) is 0 Å². The summed E-state index contributed by atoms with van der Waals surface area (Å²) in [5, 5.41) is 16.7. The molecule has 4 bridgehead atoms. The molecule has 7 heteroatoms. The normalized spacial score (nSPS) is 30.8. The summed E-state index contributed by atoms with van der Waals surface area (Å²) < 4.78 is 1.79. The molecule has 1 heterocycles. The van der Waals surface area contributed by atoms with Crippen molar-refractivity contribution >= 4 is 11.7 Å². The molecule has 3 N–H and O–H groups in total. The number of aromatic nitrogens is 2. The second-order valence-corrected chi connectivity index (χ2v) is 10.9. The highest BCUT2D eigenvalue weighted by molar-refractivity contribution is 5.93. The van der Waals surface area contributed by atoms with Crippen molar-refractivity contribution in [3.05, 3.63) is 42.2 Å². The monoisotopic (exact) mass is 444 g/mol.